The zero-order valence-electron chi connectivity index (χ0n) is 26.2. The summed E-state index contributed by atoms with van der Waals surface area (Å²) in [4.78, 5) is 69.9. The number of anilines is 1. The maximum atomic E-state index is 13.9. The number of methoxy groups -OCH3 is 1. The molecule has 3 aromatic rings. The lowest BCUT2D eigenvalue weighted by molar-refractivity contribution is -0.157. The van der Waals surface area contributed by atoms with E-state index in [2.05, 4.69) is 10.3 Å². The highest BCUT2D eigenvalue weighted by Crippen LogP contribution is 2.68. The van der Waals surface area contributed by atoms with E-state index in [9.17, 15) is 29.1 Å². The molecule has 1 aromatic heterocycles. The lowest BCUT2D eigenvalue weighted by Crippen LogP contribution is -2.49. The first kappa shape index (κ1) is 31.5. The Kier molecular flexibility index (Phi) is 7.94. The van der Waals surface area contributed by atoms with Crippen LogP contribution in [0.25, 0.3) is 0 Å². The standard InChI is InChI=1S/C34H35N3O8S2/c1-14(2)27(33(41)42)37-31(39)25-18-12-19(26(25)32(37)40)28-24(18)23(29-30(46-28)36-34(43)47-29)16-7-10-20(21(11-16)44-4)45-13-22(38)35-17-8-5-15(3)6-9-17/h5-11,14,18-19,23-28H,12-13H2,1-4H3,(H,35,38)(H,36,43)(H,41,42)/t18?,19?,23-,24?,25?,26?,27?,28?/m1/s1. The van der Waals surface area contributed by atoms with Crippen molar-refractivity contribution in [2.75, 3.05) is 19.0 Å². The molecule has 0 radical (unpaired) electrons. The minimum absolute atomic E-state index is 0.0459. The van der Waals surface area contributed by atoms with E-state index in [1.807, 2.05) is 43.3 Å². The first-order chi connectivity index (χ1) is 22.5. The summed E-state index contributed by atoms with van der Waals surface area (Å²) in [5.41, 5.74) is 2.62. The van der Waals surface area contributed by atoms with Crippen molar-refractivity contribution >= 4 is 52.5 Å². The van der Waals surface area contributed by atoms with Gasteiger partial charge in [-0.3, -0.25) is 24.1 Å². The number of aromatic amines is 1. The van der Waals surface area contributed by atoms with Gasteiger partial charge in [0.15, 0.2) is 18.1 Å². The summed E-state index contributed by atoms with van der Waals surface area (Å²) < 4.78 is 11.6. The van der Waals surface area contributed by atoms with E-state index >= 15 is 0 Å². The van der Waals surface area contributed by atoms with Crippen molar-refractivity contribution in [1.29, 1.82) is 0 Å². The van der Waals surface area contributed by atoms with Crippen LogP contribution in [0.5, 0.6) is 11.5 Å². The number of nitrogens with zero attached hydrogens (tertiary/aromatic N) is 1. The van der Waals surface area contributed by atoms with Gasteiger partial charge in [-0.25, -0.2) is 4.79 Å². The Morgan fingerprint density at radius 2 is 1.74 bits per heavy atom. The van der Waals surface area contributed by atoms with Crippen molar-refractivity contribution < 1.29 is 33.8 Å². The van der Waals surface area contributed by atoms with Crippen LogP contribution in [0.4, 0.5) is 5.69 Å². The molecular formula is C34H35N3O8S2. The molecule has 2 aromatic carbocycles. The van der Waals surface area contributed by atoms with Crippen LogP contribution in [-0.4, -0.2) is 63.7 Å². The normalized spacial score (nSPS) is 27.8. The summed E-state index contributed by atoms with van der Waals surface area (Å²) in [6.45, 7) is 5.15. The highest BCUT2D eigenvalue weighted by Gasteiger charge is 2.70. The van der Waals surface area contributed by atoms with E-state index in [1.54, 1.807) is 31.7 Å². The van der Waals surface area contributed by atoms with Crippen molar-refractivity contribution in [3.05, 3.63) is 68.1 Å². The lowest BCUT2D eigenvalue weighted by atomic mass is 9.68. The molecular weight excluding hydrogens is 643 g/mol. The molecule has 2 aliphatic carbocycles. The summed E-state index contributed by atoms with van der Waals surface area (Å²) in [5.74, 6) is -3.68. The van der Waals surface area contributed by atoms with Crippen LogP contribution >= 0.6 is 23.1 Å². The SMILES string of the molecule is COc1cc([C@H]2c3sc(=O)[nH]c3SC3C4CC(C5C(=O)N(C(C(=O)O)C(C)C)C(=O)C45)C32)ccc1OCC(=O)Nc1ccc(C)cc1. The maximum absolute atomic E-state index is 13.9. The van der Waals surface area contributed by atoms with Gasteiger partial charge in [0.25, 0.3) is 5.91 Å². The first-order valence-electron chi connectivity index (χ1n) is 15.6. The molecule has 7 rings (SSSR count). The fraction of sp³-hybridized carbons (Fsp3) is 0.441. The predicted molar refractivity (Wildman–Crippen MR) is 175 cm³/mol. The van der Waals surface area contributed by atoms with Crippen LogP contribution < -0.4 is 19.7 Å². The number of likely N-dealkylation sites (tertiary alicyclic amines) is 1. The second kappa shape index (κ2) is 11.9. The van der Waals surface area contributed by atoms with Crippen molar-refractivity contribution in [3.8, 4) is 11.5 Å². The number of fused-ring (bicyclic) bond motifs is 9. The molecule has 2 aliphatic heterocycles. The number of carboxylic acids is 1. The third-order valence-corrected chi connectivity index (χ3v) is 12.7. The molecule has 246 valence electrons. The lowest BCUT2D eigenvalue weighted by Gasteiger charge is -2.43. The van der Waals surface area contributed by atoms with E-state index in [4.69, 9.17) is 9.47 Å². The number of carboxylic acid groups (broad SMARTS) is 1. The van der Waals surface area contributed by atoms with Crippen LogP contribution in [0.15, 0.2) is 52.3 Å². The fourth-order valence-corrected chi connectivity index (χ4v) is 11.2. The van der Waals surface area contributed by atoms with E-state index in [1.165, 1.54) is 7.11 Å². The molecule has 7 unspecified atom stereocenters. The largest absolute Gasteiger partial charge is 0.493 e. The molecule has 4 aliphatic rings. The number of hydrogen-bond donors (Lipinski definition) is 3. The zero-order chi connectivity index (χ0) is 33.3. The number of aliphatic carboxylic acids is 1. The first-order valence-corrected chi connectivity index (χ1v) is 17.3. The van der Waals surface area contributed by atoms with Gasteiger partial charge < -0.3 is 24.9 Å². The zero-order valence-corrected chi connectivity index (χ0v) is 27.9. The molecule has 8 atom stereocenters. The second-order valence-electron chi connectivity index (χ2n) is 13.1. The van der Waals surface area contributed by atoms with Crippen LogP contribution in [0.1, 0.15) is 42.2 Å². The number of amides is 3. The van der Waals surface area contributed by atoms with Gasteiger partial charge in [-0.1, -0.05) is 48.9 Å². The Morgan fingerprint density at radius 1 is 1.04 bits per heavy atom. The molecule has 3 fully saturated rings. The van der Waals surface area contributed by atoms with Crippen molar-refractivity contribution in [2.24, 2.45) is 35.5 Å². The third kappa shape index (κ3) is 5.14. The Bertz CT molecular complexity index is 1830. The van der Waals surface area contributed by atoms with Gasteiger partial charge in [0.05, 0.1) is 24.0 Å². The Morgan fingerprint density at radius 3 is 2.40 bits per heavy atom. The number of imide groups is 1. The van der Waals surface area contributed by atoms with Crippen LogP contribution in [0.3, 0.4) is 0 Å². The Balaban J connectivity index is 1.18. The molecule has 47 heavy (non-hydrogen) atoms. The smallest absolute Gasteiger partial charge is 0.327 e. The van der Waals surface area contributed by atoms with E-state index in [-0.39, 0.29) is 52.2 Å². The summed E-state index contributed by atoms with van der Waals surface area (Å²) in [5, 5.41) is 13.5. The van der Waals surface area contributed by atoms with Gasteiger partial charge in [-0.05, 0) is 66.8 Å². The number of nitrogens with one attached hydrogen (secondary N) is 2. The van der Waals surface area contributed by atoms with Gasteiger partial charge in [0.1, 0.15) is 6.04 Å². The van der Waals surface area contributed by atoms with Crippen LogP contribution in [0, 0.1) is 42.4 Å². The fourth-order valence-electron chi connectivity index (χ4n) is 8.36. The molecule has 3 heterocycles. The van der Waals surface area contributed by atoms with Gasteiger partial charge in [0, 0.05) is 21.7 Å². The molecule has 3 amide bonds. The predicted octanol–water partition coefficient (Wildman–Crippen LogP) is 4.35. The highest BCUT2D eigenvalue weighted by atomic mass is 32.2. The van der Waals surface area contributed by atoms with Crippen molar-refractivity contribution in [3.63, 3.8) is 0 Å². The number of thiazole rings is 1. The van der Waals surface area contributed by atoms with E-state index < -0.39 is 35.7 Å². The average molecular weight is 678 g/mol. The quantitative estimate of drug-likeness (QED) is 0.280. The number of carbonyl (C=O) groups excluding carboxylic acids is 3. The monoisotopic (exact) mass is 677 g/mol. The van der Waals surface area contributed by atoms with E-state index in [0.717, 1.165) is 37.3 Å². The third-order valence-electron chi connectivity index (χ3n) is 10.2. The van der Waals surface area contributed by atoms with E-state index in [0.29, 0.717) is 23.6 Å². The minimum atomic E-state index is -1.21. The molecule has 11 nitrogen and oxygen atoms in total. The molecule has 2 bridgehead atoms. The molecule has 3 N–H and O–H groups in total. The molecule has 0 spiro atoms. The number of aromatic nitrogens is 1. The Labute approximate surface area is 279 Å². The van der Waals surface area contributed by atoms with Gasteiger partial charge >= 0.3 is 10.8 Å². The number of thioether (sulfide) groups is 1. The van der Waals surface area contributed by atoms with Gasteiger partial charge in [0.2, 0.25) is 11.8 Å². The highest BCUT2D eigenvalue weighted by molar-refractivity contribution is 8.00. The van der Waals surface area contributed by atoms with Crippen molar-refractivity contribution in [2.45, 2.75) is 49.4 Å². The number of hydrogen-bond acceptors (Lipinski definition) is 9. The topological polar surface area (TPSA) is 155 Å². The number of aryl methyl sites for hydroxylation is 1. The number of carbonyl (C=O) groups is 4. The maximum Gasteiger partial charge on any atom is 0.327 e. The number of H-pyrrole nitrogens is 1. The number of rotatable bonds is 9. The van der Waals surface area contributed by atoms with Gasteiger partial charge in [-0.15, -0.1) is 11.8 Å². The van der Waals surface area contributed by atoms with Gasteiger partial charge in [-0.2, -0.15) is 0 Å². The summed E-state index contributed by atoms with van der Waals surface area (Å²) >= 11 is 2.71. The number of benzene rings is 2. The molecule has 2 saturated carbocycles. The molecule has 1 saturated heterocycles. The Hall–Kier alpha value is -4.10. The average Bonchev–Trinajstić information content (AvgIpc) is 3.77. The summed E-state index contributed by atoms with van der Waals surface area (Å²) in [7, 11) is 1.52. The van der Waals surface area contributed by atoms with Crippen LogP contribution in [-0.2, 0) is 19.2 Å². The summed E-state index contributed by atoms with van der Waals surface area (Å²) in [6, 6.07) is 11.8. The minimum Gasteiger partial charge on any atom is -0.493 e. The molecule has 13 heteroatoms. The second-order valence-corrected chi connectivity index (χ2v) is 15.4. The van der Waals surface area contributed by atoms with Crippen LogP contribution in [0.2, 0.25) is 0 Å². The van der Waals surface area contributed by atoms with Crippen molar-refractivity contribution in [1.82, 2.24) is 9.88 Å². The summed E-state index contributed by atoms with van der Waals surface area (Å²) in [6.07, 6.45) is 0.687. The number of ether oxygens (including phenoxy) is 2.